The molecule has 0 aliphatic heterocycles. The summed E-state index contributed by atoms with van der Waals surface area (Å²) in [4.78, 5) is 26.1. The van der Waals surface area contributed by atoms with Crippen molar-refractivity contribution in [2.45, 2.75) is 178 Å². The third-order valence-electron chi connectivity index (χ3n) is 18.2. The number of imidazole rings is 6. The molecule has 0 saturated carbocycles. The molecule has 0 amide bonds. The second-order valence-electron chi connectivity index (χ2n) is 22.7. The number of aryl methyl sites for hydroxylation is 20. The van der Waals surface area contributed by atoms with Crippen LogP contribution >= 0.6 is 0 Å². The van der Waals surface area contributed by atoms with Gasteiger partial charge in [-0.15, -0.1) is 0 Å². The summed E-state index contributed by atoms with van der Waals surface area (Å²) in [6.07, 6.45) is 13.4. The molecule has 0 spiro atoms. The minimum absolute atomic E-state index is 0.994. The average Bonchev–Trinajstić information content (AvgIpc) is 1.91. The maximum Gasteiger partial charge on any atom is 0.254 e. The molecular formula is C68H100N18+6. The molecule has 12 heterocycles. The predicted octanol–water partition coefficient (Wildman–Crippen LogP) is 9.60. The molecule has 18 nitrogen and oxygen atoms in total. The lowest BCUT2D eigenvalue weighted by atomic mass is 10.1. The van der Waals surface area contributed by atoms with E-state index in [0.29, 0.717) is 0 Å². The smallest absolute Gasteiger partial charge is 0.254 e. The molecule has 0 atom stereocenters. The molecule has 12 aromatic heterocycles. The van der Waals surface area contributed by atoms with Gasteiger partial charge >= 0.3 is 0 Å². The van der Waals surface area contributed by atoms with Gasteiger partial charge in [0.15, 0.2) is 66.2 Å². The fraction of sp³-hybridized carbons (Fsp3) is 0.471. The van der Waals surface area contributed by atoms with Crippen molar-refractivity contribution in [1.82, 2.24) is 57.3 Å². The van der Waals surface area contributed by atoms with E-state index >= 15 is 0 Å². The van der Waals surface area contributed by atoms with E-state index in [1.807, 2.05) is 50.3 Å². The first-order valence-electron chi connectivity index (χ1n) is 30.6. The van der Waals surface area contributed by atoms with Crippen LogP contribution in [0.15, 0.2) is 61.6 Å². The van der Waals surface area contributed by atoms with Crippen molar-refractivity contribution in [3.63, 3.8) is 0 Å². The van der Waals surface area contributed by atoms with Gasteiger partial charge in [0, 0.05) is 112 Å². The molecule has 0 aromatic carbocycles. The van der Waals surface area contributed by atoms with Gasteiger partial charge < -0.3 is 0 Å². The first-order chi connectivity index (χ1) is 40.8. The molecule has 12 rings (SSSR count). The van der Waals surface area contributed by atoms with Crippen LogP contribution in [-0.2, 0) is 81.6 Å². The first kappa shape index (κ1) is 65.3. The number of hydrogen-bond acceptors (Lipinski definition) is 6. The van der Waals surface area contributed by atoms with Gasteiger partial charge in [0.2, 0.25) is 0 Å². The van der Waals surface area contributed by atoms with E-state index in [2.05, 4.69) is 277 Å². The van der Waals surface area contributed by atoms with E-state index in [1.165, 1.54) is 118 Å². The van der Waals surface area contributed by atoms with Crippen molar-refractivity contribution in [3.05, 3.63) is 142 Å². The lowest BCUT2D eigenvalue weighted by molar-refractivity contribution is -0.675. The predicted molar refractivity (Wildman–Crippen MR) is 346 cm³/mol. The van der Waals surface area contributed by atoms with E-state index in [1.54, 1.807) is 0 Å². The van der Waals surface area contributed by atoms with Crippen molar-refractivity contribution in [1.29, 1.82) is 0 Å². The first-order valence-corrected chi connectivity index (χ1v) is 30.6. The molecule has 86 heavy (non-hydrogen) atoms. The maximum absolute atomic E-state index is 4.62. The minimum Gasteiger partial charge on any atom is -0.260 e. The van der Waals surface area contributed by atoms with Crippen LogP contribution in [0.2, 0.25) is 0 Å². The zero-order chi connectivity index (χ0) is 63.5. The molecular weight excluding hydrogens is 1070 g/mol. The van der Waals surface area contributed by atoms with E-state index in [0.717, 1.165) is 67.7 Å². The Bertz CT molecular complexity index is 4430. The van der Waals surface area contributed by atoms with Crippen LogP contribution in [0.4, 0.5) is 0 Å². The largest absolute Gasteiger partial charge is 0.260 e. The summed E-state index contributed by atoms with van der Waals surface area (Å²) in [5.74, 6) is 7.66. The number of aromatic nitrogens is 18. The Morgan fingerprint density at radius 3 is 1.48 bits per heavy atom. The maximum atomic E-state index is 4.62. The SMILES string of the molecule is CC[n+]1c(C)n(C)c2ccnc(C)c21.CC[n+]1c(C)n(C)c2cnc(C)c(C)c21.CCn1c(C)[n+](C)c2c(C)cncc21.CCn1c(C)[n+](C)c2c(C)nc(C)c(C)c21.CCn1c(C)[n+](C)c2cc(C)ncc21.CCn1c(C)[n+](C)c2ccncc21. The third-order valence-corrected chi connectivity index (χ3v) is 18.2. The Kier molecular flexibility index (Phi) is 20.5. The van der Waals surface area contributed by atoms with Crippen LogP contribution < -0.4 is 27.4 Å². The number of pyridine rings is 6. The molecule has 456 valence electrons. The van der Waals surface area contributed by atoms with Crippen molar-refractivity contribution >= 4 is 66.2 Å². The molecule has 0 radical (unpaired) electrons. The highest BCUT2D eigenvalue weighted by atomic mass is 15.2. The van der Waals surface area contributed by atoms with Crippen molar-refractivity contribution in [2.24, 2.45) is 42.3 Å². The van der Waals surface area contributed by atoms with Crippen LogP contribution in [-0.4, -0.2) is 57.3 Å². The normalized spacial score (nSPS) is 11.2. The molecule has 0 unspecified atom stereocenters. The zero-order valence-electron chi connectivity index (χ0n) is 57.1. The number of rotatable bonds is 6. The van der Waals surface area contributed by atoms with Crippen LogP contribution in [0.5, 0.6) is 0 Å². The van der Waals surface area contributed by atoms with Crippen LogP contribution in [0.25, 0.3) is 66.2 Å². The van der Waals surface area contributed by atoms with Crippen LogP contribution in [0, 0.1) is 96.9 Å². The molecule has 0 bridgehead atoms. The summed E-state index contributed by atoms with van der Waals surface area (Å²) in [5, 5.41) is 0. The molecule has 0 aliphatic carbocycles. The second-order valence-corrected chi connectivity index (χ2v) is 22.7. The summed E-state index contributed by atoms with van der Waals surface area (Å²) in [6.45, 7) is 48.6. The highest BCUT2D eigenvalue weighted by Gasteiger charge is 2.26. The molecule has 0 saturated heterocycles. The van der Waals surface area contributed by atoms with Gasteiger partial charge in [-0.2, -0.15) is 0 Å². The number of fused-ring (bicyclic) bond motifs is 6. The Morgan fingerprint density at radius 2 is 0.884 bits per heavy atom. The molecule has 0 aliphatic rings. The van der Waals surface area contributed by atoms with E-state index in [-0.39, 0.29) is 0 Å². The second kappa shape index (κ2) is 27.0. The summed E-state index contributed by atoms with van der Waals surface area (Å²) in [6, 6.07) is 6.25. The van der Waals surface area contributed by atoms with Gasteiger partial charge in [0.05, 0.1) is 118 Å². The third kappa shape index (κ3) is 11.9. The van der Waals surface area contributed by atoms with Gasteiger partial charge in [-0.1, -0.05) is 0 Å². The van der Waals surface area contributed by atoms with Crippen LogP contribution in [0.1, 0.15) is 122 Å². The molecule has 0 fully saturated rings. The van der Waals surface area contributed by atoms with E-state index in [9.17, 15) is 0 Å². The van der Waals surface area contributed by atoms with Gasteiger partial charge in [0.25, 0.3) is 34.9 Å². The minimum atomic E-state index is 0.994. The Hall–Kier alpha value is -8.28. The Morgan fingerprint density at radius 1 is 0.384 bits per heavy atom. The standard InChI is InChI=1S/C13H20N3.C12H18N3.3C11H16N3.C10H14N3/c1-7-16-11(5)15(6)13-10(4)14-9(3)8(2)12(13)16;1-6-15-10(4)14(5)11-7-13-9(3)8(2)12(11)15;1-5-14-9(3)13(4)11-8(2)6-12-7-10(11)14;1-5-14-9(3)13(4)10-6-8(2)12-7-11(10)14;1-5-14-9(3)13(4)10-6-7-12-8(2)11(10)14;1-4-13-8(2)12(3)9-5-6-11-7-10(9)13/h7H2,1-6H3;7H,6H2,1-5H3;3*6-7H,5H2,1-4H3;5-7H,4H2,1-3H3/q6*+1. The van der Waals surface area contributed by atoms with Crippen molar-refractivity contribution < 1.29 is 27.4 Å². The quantitative estimate of drug-likeness (QED) is 0.153. The molecule has 12 aromatic rings. The van der Waals surface area contributed by atoms with Gasteiger partial charge in [-0.3, -0.25) is 29.9 Å². The topological polar surface area (TPSA) is 130 Å². The van der Waals surface area contributed by atoms with Gasteiger partial charge in [-0.25, -0.2) is 54.8 Å². The fourth-order valence-electron chi connectivity index (χ4n) is 12.6. The lowest BCUT2D eigenvalue weighted by Crippen LogP contribution is -2.35. The Balaban J connectivity index is 0.000000148. The Labute approximate surface area is 510 Å². The monoisotopic (exact) mass is 1170 g/mol. The van der Waals surface area contributed by atoms with E-state index < -0.39 is 0 Å². The lowest BCUT2D eigenvalue weighted by Gasteiger charge is -2.02. The summed E-state index contributed by atoms with van der Waals surface area (Å²) >= 11 is 0. The molecule has 0 N–H and O–H groups in total. The molecule has 18 heteroatoms. The fourth-order valence-corrected chi connectivity index (χ4v) is 12.6. The summed E-state index contributed by atoms with van der Waals surface area (Å²) < 4.78 is 27.2. The number of hydrogen-bond donors (Lipinski definition) is 0. The van der Waals surface area contributed by atoms with Crippen molar-refractivity contribution in [3.8, 4) is 0 Å². The van der Waals surface area contributed by atoms with Gasteiger partial charge in [-0.05, 0) is 96.9 Å². The van der Waals surface area contributed by atoms with Crippen molar-refractivity contribution in [2.75, 3.05) is 0 Å². The highest BCUT2D eigenvalue weighted by Crippen LogP contribution is 2.24. The van der Waals surface area contributed by atoms with E-state index in [4.69, 9.17) is 0 Å². The van der Waals surface area contributed by atoms with Crippen LogP contribution in [0.3, 0.4) is 0 Å². The van der Waals surface area contributed by atoms with Gasteiger partial charge in [0.1, 0.15) is 0 Å². The highest BCUT2D eigenvalue weighted by molar-refractivity contribution is 5.79. The summed E-state index contributed by atoms with van der Waals surface area (Å²) in [7, 11) is 12.6. The zero-order valence-corrected chi connectivity index (χ0v) is 57.1. The average molecular weight is 1170 g/mol. The summed E-state index contributed by atoms with van der Waals surface area (Å²) in [5.41, 5.74) is 24.5. The number of nitrogens with zero attached hydrogens (tertiary/aromatic N) is 18.